The molecule has 1 aliphatic carbocycles. The van der Waals surface area contributed by atoms with Gasteiger partial charge in [-0.3, -0.25) is 0 Å². The Morgan fingerprint density at radius 3 is 2.68 bits per heavy atom. The van der Waals surface area contributed by atoms with E-state index in [0.717, 1.165) is 24.0 Å². The van der Waals surface area contributed by atoms with Gasteiger partial charge in [-0.05, 0) is 37.5 Å². The van der Waals surface area contributed by atoms with Gasteiger partial charge in [0.15, 0.2) is 0 Å². The van der Waals surface area contributed by atoms with Gasteiger partial charge in [-0.1, -0.05) is 36.1 Å². The summed E-state index contributed by atoms with van der Waals surface area (Å²) in [6, 6.07) is 9.02. The molecule has 25 heavy (non-hydrogen) atoms. The second kappa shape index (κ2) is 7.85. The molecule has 3 rings (SSSR count). The minimum absolute atomic E-state index is 0.109. The zero-order valence-corrected chi connectivity index (χ0v) is 14.2. The molecule has 0 radical (unpaired) electrons. The number of hydrogen-bond acceptors (Lipinski definition) is 4. The SMILES string of the molecule is C/C(C#CC1=CCC(OC(=O)c2ccccc2)CC1)=C1/CCOC1=O. The second-order valence-corrected chi connectivity index (χ2v) is 6.14. The molecule has 0 N–H and O–H groups in total. The van der Waals surface area contributed by atoms with Gasteiger partial charge in [-0.2, -0.15) is 0 Å². The summed E-state index contributed by atoms with van der Waals surface area (Å²) in [4.78, 5) is 23.6. The highest BCUT2D eigenvalue weighted by atomic mass is 16.5. The van der Waals surface area contributed by atoms with Crippen LogP contribution in [0.2, 0.25) is 0 Å². The third-order valence-electron chi connectivity index (χ3n) is 4.34. The predicted octanol–water partition coefficient (Wildman–Crippen LogP) is 3.59. The molecule has 1 aromatic carbocycles. The number of allylic oxidation sites excluding steroid dienone is 2. The van der Waals surface area contributed by atoms with Crippen LogP contribution in [-0.4, -0.2) is 24.6 Å². The first-order valence-corrected chi connectivity index (χ1v) is 8.47. The maximum Gasteiger partial charge on any atom is 0.338 e. The van der Waals surface area contributed by atoms with Crippen molar-refractivity contribution in [3.8, 4) is 11.8 Å². The van der Waals surface area contributed by atoms with E-state index in [1.165, 1.54) is 0 Å². The highest BCUT2D eigenvalue weighted by Crippen LogP contribution is 2.22. The molecule has 1 heterocycles. The fourth-order valence-corrected chi connectivity index (χ4v) is 2.85. The summed E-state index contributed by atoms with van der Waals surface area (Å²) in [5.41, 5.74) is 3.06. The number of carbonyl (C=O) groups is 2. The largest absolute Gasteiger partial charge is 0.462 e. The molecular formula is C21H20O4. The van der Waals surface area contributed by atoms with E-state index >= 15 is 0 Å². The lowest BCUT2D eigenvalue weighted by molar-refractivity contribution is -0.135. The summed E-state index contributed by atoms with van der Waals surface area (Å²) in [7, 11) is 0. The van der Waals surface area contributed by atoms with Crippen molar-refractivity contribution in [1.82, 2.24) is 0 Å². The lowest BCUT2D eigenvalue weighted by atomic mass is 9.97. The predicted molar refractivity (Wildman–Crippen MR) is 93.6 cm³/mol. The lowest BCUT2D eigenvalue weighted by Crippen LogP contribution is -2.20. The van der Waals surface area contributed by atoms with Crippen molar-refractivity contribution in [1.29, 1.82) is 0 Å². The van der Waals surface area contributed by atoms with Crippen molar-refractivity contribution >= 4 is 11.9 Å². The third kappa shape index (κ3) is 4.39. The van der Waals surface area contributed by atoms with Gasteiger partial charge >= 0.3 is 11.9 Å². The number of ether oxygens (including phenoxy) is 2. The molecule has 1 aromatic rings. The molecule has 4 heteroatoms. The van der Waals surface area contributed by atoms with Crippen molar-refractivity contribution in [2.45, 2.75) is 38.7 Å². The molecule has 1 fully saturated rings. The van der Waals surface area contributed by atoms with Crippen LogP contribution in [0, 0.1) is 11.8 Å². The molecule has 0 spiro atoms. The van der Waals surface area contributed by atoms with Crippen LogP contribution in [0.3, 0.4) is 0 Å². The van der Waals surface area contributed by atoms with Crippen LogP contribution in [0.15, 0.2) is 53.1 Å². The number of carbonyl (C=O) groups excluding carboxylic acids is 2. The Hall–Kier alpha value is -2.80. The highest BCUT2D eigenvalue weighted by molar-refractivity contribution is 5.92. The van der Waals surface area contributed by atoms with Crippen LogP contribution in [0.25, 0.3) is 0 Å². The number of hydrogen-bond donors (Lipinski definition) is 0. The number of benzene rings is 1. The van der Waals surface area contributed by atoms with Crippen LogP contribution in [0.5, 0.6) is 0 Å². The maximum atomic E-state index is 12.1. The zero-order chi connectivity index (χ0) is 17.6. The Bertz CT molecular complexity index is 790. The molecule has 1 unspecified atom stereocenters. The number of esters is 2. The fraction of sp³-hybridized carbons (Fsp3) is 0.333. The highest BCUT2D eigenvalue weighted by Gasteiger charge is 2.21. The normalized spacial score (nSPS) is 21.6. The van der Waals surface area contributed by atoms with E-state index in [1.807, 2.05) is 31.2 Å². The van der Waals surface area contributed by atoms with E-state index in [0.29, 0.717) is 30.6 Å². The van der Waals surface area contributed by atoms with E-state index in [9.17, 15) is 9.59 Å². The molecule has 0 amide bonds. The third-order valence-corrected chi connectivity index (χ3v) is 4.34. The van der Waals surface area contributed by atoms with Gasteiger partial charge in [0.2, 0.25) is 0 Å². The summed E-state index contributed by atoms with van der Waals surface area (Å²) in [5.74, 6) is 5.65. The number of rotatable bonds is 2. The Morgan fingerprint density at radius 2 is 2.04 bits per heavy atom. The second-order valence-electron chi connectivity index (χ2n) is 6.14. The van der Waals surface area contributed by atoms with E-state index in [4.69, 9.17) is 9.47 Å². The van der Waals surface area contributed by atoms with E-state index in [1.54, 1.807) is 12.1 Å². The van der Waals surface area contributed by atoms with Gasteiger partial charge in [0.1, 0.15) is 6.10 Å². The molecule has 1 atom stereocenters. The maximum absolute atomic E-state index is 12.1. The van der Waals surface area contributed by atoms with Gasteiger partial charge in [-0.25, -0.2) is 9.59 Å². The van der Waals surface area contributed by atoms with Gasteiger partial charge in [0.25, 0.3) is 0 Å². The fourth-order valence-electron chi connectivity index (χ4n) is 2.85. The number of cyclic esters (lactones) is 1. The zero-order valence-electron chi connectivity index (χ0n) is 14.2. The van der Waals surface area contributed by atoms with Crippen LogP contribution < -0.4 is 0 Å². The van der Waals surface area contributed by atoms with Crippen molar-refractivity contribution < 1.29 is 19.1 Å². The molecule has 1 saturated heterocycles. The standard InChI is InChI=1S/C21H20O4/c1-15(19-13-14-24-21(19)23)7-8-16-9-11-18(12-10-16)25-20(22)17-5-3-2-4-6-17/h2-6,9,18H,10-14H2,1H3/b19-15+. The van der Waals surface area contributed by atoms with Crippen molar-refractivity contribution in [3.05, 3.63) is 58.7 Å². The van der Waals surface area contributed by atoms with E-state index in [2.05, 4.69) is 11.8 Å². The molecular weight excluding hydrogens is 316 g/mol. The minimum atomic E-state index is -0.283. The Kier molecular flexibility index (Phi) is 5.35. The summed E-state index contributed by atoms with van der Waals surface area (Å²) < 4.78 is 10.5. The topological polar surface area (TPSA) is 52.6 Å². The smallest absolute Gasteiger partial charge is 0.338 e. The van der Waals surface area contributed by atoms with Gasteiger partial charge in [0.05, 0.1) is 17.7 Å². The van der Waals surface area contributed by atoms with Crippen LogP contribution >= 0.6 is 0 Å². The first-order valence-electron chi connectivity index (χ1n) is 8.47. The van der Waals surface area contributed by atoms with Crippen molar-refractivity contribution in [2.75, 3.05) is 6.61 Å². The van der Waals surface area contributed by atoms with Crippen LogP contribution in [0.1, 0.15) is 43.0 Å². The summed E-state index contributed by atoms with van der Waals surface area (Å²) in [6.45, 7) is 2.30. The molecule has 4 nitrogen and oxygen atoms in total. The van der Waals surface area contributed by atoms with Gasteiger partial charge in [0, 0.05) is 18.4 Å². The lowest BCUT2D eigenvalue weighted by Gasteiger charge is -2.20. The van der Waals surface area contributed by atoms with Gasteiger partial charge < -0.3 is 9.47 Å². The minimum Gasteiger partial charge on any atom is -0.462 e. The average Bonchev–Trinajstić information content (AvgIpc) is 3.07. The Morgan fingerprint density at radius 1 is 1.24 bits per heavy atom. The Balaban J connectivity index is 1.57. The van der Waals surface area contributed by atoms with Crippen LogP contribution in [-0.2, 0) is 14.3 Å². The molecule has 1 aliphatic heterocycles. The molecule has 0 bridgehead atoms. The summed E-state index contributed by atoms with van der Waals surface area (Å²) in [6.07, 6.45) is 4.74. The van der Waals surface area contributed by atoms with Gasteiger partial charge in [-0.15, -0.1) is 0 Å². The van der Waals surface area contributed by atoms with Crippen LogP contribution in [0.4, 0.5) is 0 Å². The van der Waals surface area contributed by atoms with E-state index < -0.39 is 0 Å². The Labute approximate surface area is 147 Å². The van der Waals surface area contributed by atoms with Crippen molar-refractivity contribution in [3.63, 3.8) is 0 Å². The summed E-state index contributed by atoms with van der Waals surface area (Å²) >= 11 is 0. The molecule has 0 saturated carbocycles. The molecule has 0 aromatic heterocycles. The first kappa shape index (κ1) is 17.0. The molecule has 2 aliphatic rings. The van der Waals surface area contributed by atoms with E-state index in [-0.39, 0.29) is 18.0 Å². The molecule has 128 valence electrons. The van der Waals surface area contributed by atoms with Crippen molar-refractivity contribution in [2.24, 2.45) is 0 Å². The quantitative estimate of drug-likeness (QED) is 0.470. The first-order chi connectivity index (χ1) is 12.1. The monoisotopic (exact) mass is 336 g/mol. The summed E-state index contributed by atoms with van der Waals surface area (Å²) in [5, 5.41) is 0. The average molecular weight is 336 g/mol.